The fraction of sp³-hybridized carbons (Fsp3) is 0.684. The van der Waals surface area contributed by atoms with E-state index in [1.807, 2.05) is 0 Å². The molecule has 1 N–H and O–H groups in total. The maximum Gasteiger partial charge on any atom is 0.0459 e. The van der Waals surface area contributed by atoms with Crippen LogP contribution in [0, 0.1) is 23.7 Å². The second-order valence-electron chi connectivity index (χ2n) is 6.75. The molecule has 1 aromatic carbocycles. The third-order valence-electron chi connectivity index (χ3n) is 4.43. The normalized spacial score (nSPS) is 16.1. The van der Waals surface area contributed by atoms with E-state index >= 15 is 0 Å². The zero-order chi connectivity index (χ0) is 15.0. The van der Waals surface area contributed by atoms with E-state index in [1.165, 1.54) is 18.4 Å². The Kier molecular flexibility index (Phi) is 7.91. The number of rotatable bonds is 9. The second kappa shape index (κ2) is 9.18. The number of aliphatic hydroxyl groups excluding tert-OH is 1. The van der Waals surface area contributed by atoms with Crippen molar-refractivity contribution >= 4 is 0 Å². The molecule has 0 aromatic heterocycles. The van der Waals surface area contributed by atoms with E-state index in [4.69, 9.17) is 0 Å². The number of hydrogen-bond acceptors (Lipinski definition) is 1. The molecule has 0 aliphatic rings. The van der Waals surface area contributed by atoms with Crippen LogP contribution in [0.1, 0.15) is 52.5 Å². The molecule has 1 aromatic rings. The first-order chi connectivity index (χ1) is 9.56. The lowest BCUT2D eigenvalue weighted by atomic mass is 9.79. The molecule has 0 aliphatic carbocycles. The summed E-state index contributed by atoms with van der Waals surface area (Å²) in [6, 6.07) is 10.8. The first-order valence-electron chi connectivity index (χ1n) is 8.21. The molecule has 1 nitrogen and oxygen atoms in total. The molecule has 0 saturated carbocycles. The van der Waals surface area contributed by atoms with Crippen molar-refractivity contribution in [3.63, 3.8) is 0 Å². The highest BCUT2D eigenvalue weighted by Crippen LogP contribution is 2.29. The summed E-state index contributed by atoms with van der Waals surface area (Å²) in [5.74, 6) is 2.54. The molecule has 2 unspecified atom stereocenters. The van der Waals surface area contributed by atoms with E-state index in [-0.39, 0.29) is 0 Å². The predicted molar refractivity (Wildman–Crippen MR) is 87.7 cm³/mol. The van der Waals surface area contributed by atoms with Crippen LogP contribution in [0.15, 0.2) is 30.3 Å². The van der Waals surface area contributed by atoms with Crippen molar-refractivity contribution in [3.8, 4) is 0 Å². The Balaban J connectivity index is 2.55. The first kappa shape index (κ1) is 17.2. The van der Waals surface area contributed by atoms with Gasteiger partial charge in [-0.25, -0.2) is 0 Å². The SMILES string of the molecule is CCC(C[C@H](CO)CC(C)C)C(C)Cc1ccccc1. The zero-order valence-corrected chi connectivity index (χ0v) is 13.7. The van der Waals surface area contributed by atoms with Crippen molar-refractivity contribution in [2.45, 2.75) is 53.4 Å². The lowest BCUT2D eigenvalue weighted by Gasteiger charge is -2.27. The molecule has 0 heterocycles. The van der Waals surface area contributed by atoms with Crippen molar-refractivity contribution < 1.29 is 5.11 Å². The van der Waals surface area contributed by atoms with E-state index in [9.17, 15) is 5.11 Å². The molecule has 0 aliphatic heterocycles. The first-order valence-corrected chi connectivity index (χ1v) is 8.21. The average molecular weight is 276 g/mol. The second-order valence-corrected chi connectivity index (χ2v) is 6.75. The highest BCUT2D eigenvalue weighted by Gasteiger charge is 2.21. The summed E-state index contributed by atoms with van der Waals surface area (Å²) in [6.07, 6.45) is 4.67. The van der Waals surface area contributed by atoms with E-state index in [2.05, 4.69) is 58.0 Å². The molecule has 1 rings (SSSR count). The van der Waals surface area contributed by atoms with Gasteiger partial charge in [-0.1, -0.05) is 64.4 Å². The minimum atomic E-state index is 0.340. The van der Waals surface area contributed by atoms with Crippen LogP contribution in [-0.2, 0) is 6.42 Å². The minimum absolute atomic E-state index is 0.340. The number of aliphatic hydroxyl groups is 1. The molecule has 0 radical (unpaired) electrons. The lowest BCUT2D eigenvalue weighted by molar-refractivity contribution is 0.161. The molecular weight excluding hydrogens is 244 g/mol. The summed E-state index contributed by atoms with van der Waals surface area (Å²) in [5, 5.41) is 9.59. The maximum atomic E-state index is 9.59. The van der Waals surface area contributed by atoms with Crippen LogP contribution in [0.2, 0.25) is 0 Å². The molecule has 3 atom stereocenters. The van der Waals surface area contributed by atoms with Crippen molar-refractivity contribution in [1.29, 1.82) is 0 Å². The van der Waals surface area contributed by atoms with Gasteiger partial charge in [0, 0.05) is 6.61 Å². The molecule has 1 heteroatoms. The molecular formula is C19H32O. The van der Waals surface area contributed by atoms with Crippen molar-refractivity contribution in [2.24, 2.45) is 23.7 Å². The van der Waals surface area contributed by atoms with Gasteiger partial charge in [-0.2, -0.15) is 0 Å². The van der Waals surface area contributed by atoms with Gasteiger partial charge < -0.3 is 5.11 Å². The maximum absolute atomic E-state index is 9.59. The van der Waals surface area contributed by atoms with E-state index in [1.54, 1.807) is 0 Å². The number of benzene rings is 1. The molecule has 0 fully saturated rings. The van der Waals surface area contributed by atoms with Gasteiger partial charge in [0.25, 0.3) is 0 Å². The Labute approximate surface area is 125 Å². The average Bonchev–Trinajstić information content (AvgIpc) is 2.43. The van der Waals surface area contributed by atoms with E-state index in [0.29, 0.717) is 30.3 Å². The zero-order valence-electron chi connectivity index (χ0n) is 13.7. The van der Waals surface area contributed by atoms with Crippen LogP contribution >= 0.6 is 0 Å². The monoisotopic (exact) mass is 276 g/mol. The number of hydrogen-bond donors (Lipinski definition) is 1. The molecule has 0 saturated heterocycles. The minimum Gasteiger partial charge on any atom is -0.396 e. The summed E-state index contributed by atoms with van der Waals surface area (Å²) in [5.41, 5.74) is 1.43. The van der Waals surface area contributed by atoms with Crippen LogP contribution in [0.3, 0.4) is 0 Å². The van der Waals surface area contributed by atoms with Gasteiger partial charge in [0.1, 0.15) is 0 Å². The predicted octanol–water partition coefficient (Wildman–Crippen LogP) is 4.94. The largest absolute Gasteiger partial charge is 0.396 e. The highest BCUT2D eigenvalue weighted by molar-refractivity contribution is 5.15. The van der Waals surface area contributed by atoms with Gasteiger partial charge in [-0.15, -0.1) is 0 Å². The van der Waals surface area contributed by atoms with Crippen LogP contribution in [0.5, 0.6) is 0 Å². The van der Waals surface area contributed by atoms with Gasteiger partial charge >= 0.3 is 0 Å². The van der Waals surface area contributed by atoms with Crippen LogP contribution in [-0.4, -0.2) is 11.7 Å². The Morgan fingerprint density at radius 1 is 1.00 bits per heavy atom. The molecule has 114 valence electrons. The highest BCUT2D eigenvalue weighted by atomic mass is 16.3. The summed E-state index contributed by atoms with van der Waals surface area (Å²) >= 11 is 0. The Hall–Kier alpha value is -0.820. The molecule has 0 amide bonds. The molecule has 0 bridgehead atoms. The fourth-order valence-electron chi connectivity index (χ4n) is 3.29. The van der Waals surface area contributed by atoms with Crippen molar-refractivity contribution in [1.82, 2.24) is 0 Å². The molecule has 0 spiro atoms. The Morgan fingerprint density at radius 3 is 2.15 bits per heavy atom. The van der Waals surface area contributed by atoms with Gasteiger partial charge in [0.15, 0.2) is 0 Å². The van der Waals surface area contributed by atoms with Gasteiger partial charge in [0.05, 0.1) is 0 Å². The summed E-state index contributed by atoms with van der Waals surface area (Å²) in [7, 11) is 0. The van der Waals surface area contributed by atoms with Crippen LogP contribution in [0.4, 0.5) is 0 Å². The third-order valence-corrected chi connectivity index (χ3v) is 4.43. The summed E-state index contributed by atoms with van der Waals surface area (Å²) in [6.45, 7) is 9.49. The van der Waals surface area contributed by atoms with E-state index < -0.39 is 0 Å². The van der Waals surface area contributed by atoms with Crippen molar-refractivity contribution in [2.75, 3.05) is 6.61 Å². The lowest BCUT2D eigenvalue weighted by Crippen LogP contribution is -2.20. The van der Waals surface area contributed by atoms with Crippen molar-refractivity contribution in [3.05, 3.63) is 35.9 Å². The third kappa shape index (κ3) is 6.09. The van der Waals surface area contributed by atoms with Gasteiger partial charge in [-0.3, -0.25) is 0 Å². The van der Waals surface area contributed by atoms with Gasteiger partial charge in [-0.05, 0) is 48.5 Å². The van der Waals surface area contributed by atoms with Crippen LogP contribution < -0.4 is 0 Å². The topological polar surface area (TPSA) is 20.2 Å². The Bertz CT molecular complexity index is 344. The van der Waals surface area contributed by atoms with Gasteiger partial charge in [0.2, 0.25) is 0 Å². The summed E-state index contributed by atoms with van der Waals surface area (Å²) in [4.78, 5) is 0. The van der Waals surface area contributed by atoms with Crippen LogP contribution in [0.25, 0.3) is 0 Å². The smallest absolute Gasteiger partial charge is 0.0459 e. The Morgan fingerprint density at radius 2 is 1.65 bits per heavy atom. The molecule has 20 heavy (non-hydrogen) atoms. The quantitative estimate of drug-likeness (QED) is 0.677. The fourth-order valence-corrected chi connectivity index (χ4v) is 3.29. The van der Waals surface area contributed by atoms with E-state index in [0.717, 1.165) is 12.8 Å². The summed E-state index contributed by atoms with van der Waals surface area (Å²) < 4.78 is 0. The standard InChI is InChI=1S/C19H32O/c1-5-19(13-18(14-20)11-15(2)3)16(4)12-17-9-7-6-8-10-17/h6-10,15-16,18-20H,5,11-14H2,1-4H3/t16?,18-,19?/m1/s1.